The summed E-state index contributed by atoms with van der Waals surface area (Å²) < 4.78 is 4.40. The van der Waals surface area contributed by atoms with Crippen molar-refractivity contribution in [2.45, 2.75) is 0 Å². The molecule has 0 aliphatic heterocycles. The molecule has 14 heavy (non-hydrogen) atoms. The number of rotatable bonds is 2. The first-order chi connectivity index (χ1) is 6.56. The number of hydrogen-bond acceptors (Lipinski definition) is 4. The predicted octanol–water partition coefficient (Wildman–Crippen LogP) is 1.56. The monoisotopic (exact) mass is 194 g/mol. The van der Waals surface area contributed by atoms with Gasteiger partial charge in [-0.25, -0.2) is 4.79 Å². The third-order valence-electron chi connectivity index (χ3n) is 1.66. The molecule has 5 nitrogen and oxygen atoms in total. The third kappa shape index (κ3) is 1.87. The molecule has 73 valence electrons. The minimum Gasteiger partial charge on any atom is -0.465 e. The molecule has 5 heteroatoms. The molecule has 0 N–H and O–H groups in total. The highest BCUT2D eigenvalue weighted by atomic mass is 16.6. The van der Waals surface area contributed by atoms with Gasteiger partial charge in [0.1, 0.15) is 5.56 Å². The molecule has 0 aromatic heterocycles. The van der Waals surface area contributed by atoms with Crippen LogP contribution in [0.1, 0.15) is 15.9 Å². The van der Waals surface area contributed by atoms with E-state index in [1.165, 1.54) is 25.3 Å². The number of nitro benzene ring substituents is 1. The third-order valence-corrected chi connectivity index (χ3v) is 1.66. The van der Waals surface area contributed by atoms with Crippen LogP contribution in [0.15, 0.2) is 18.2 Å². The Labute approximate surface area is 80.5 Å². The first kappa shape index (κ1) is 10.2. The van der Waals surface area contributed by atoms with E-state index in [0.29, 0.717) is 5.56 Å². The summed E-state index contributed by atoms with van der Waals surface area (Å²) in [5, 5.41) is 10.6. The van der Waals surface area contributed by atoms with E-state index < -0.39 is 10.9 Å². The highest BCUT2D eigenvalue weighted by Crippen LogP contribution is 2.20. The van der Waals surface area contributed by atoms with Gasteiger partial charge in [0.25, 0.3) is 5.69 Å². The molecule has 0 amide bonds. The molecular weight excluding hydrogens is 186 g/mol. The van der Waals surface area contributed by atoms with Crippen molar-refractivity contribution in [3.05, 3.63) is 46.4 Å². The Morgan fingerprint density at radius 2 is 2.21 bits per heavy atom. The molecule has 0 atom stereocenters. The van der Waals surface area contributed by atoms with Crippen molar-refractivity contribution < 1.29 is 14.5 Å². The zero-order valence-electron chi connectivity index (χ0n) is 7.52. The molecule has 1 radical (unpaired) electrons. The molecule has 0 saturated heterocycles. The summed E-state index contributed by atoms with van der Waals surface area (Å²) in [7, 11) is 1.17. The summed E-state index contributed by atoms with van der Waals surface area (Å²) in [4.78, 5) is 21.0. The number of nitro groups is 1. The van der Waals surface area contributed by atoms with Crippen molar-refractivity contribution >= 4 is 11.7 Å². The van der Waals surface area contributed by atoms with Crippen molar-refractivity contribution in [2.75, 3.05) is 7.11 Å². The van der Waals surface area contributed by atoms with Gasteiger partial charge in [0, 0.05) is 6.07 Å². The van der Waals surface area contributed by atoms with Crippen LogP contribution in [0.25, 0.3) is 0 Å². The SMILES string of the molecule is [CH2]c1ccc(C(=O)OC)c([N+](=O)[O-])c1. The summed E-state index contributed by atoms with van der Waals surface area (Å²) in [5.41, 5.74) is 0.124. The Morgan fingerprint density at radius 3 is 2.71 bits per heavy atom. The molecule has 0 bridgehead atoms. The molecule has 0 aliphatic rings. The number of carbonyl (C=O) groups excluding carboxylic acids is 1. The van der Waals surface area contributed by atoms with E-state index in [1.54, 1.807) is 0 Å². The molecular formula is C9H8NO4. The van der Waals surface area contributed by atoms with E-state index in [1.807, 2.05) is 0 Å². The fourth-order valence-electron chi connectivity index (χ4n) is 1.01. The van der Waals surface area contributed by atoms with E-state index in [9.17, 15) is 14.9 Å². The van der Waals surface area contributed by atoms with Crippen LogP contribution in [0, 0.1) is 17.0 Å². The number of carbonyl (C=O) groups is 1. The summed E-state index contributed by atoms with van der Waals surface area (Å²) >= 11 is 0. The second-order valence-electron chi connectivity index (χ2n) is 2.60. The van der Waals surface area contributed by atoms with Crippen LogP contribution in [-0.2, 0) is 4.74 Å². The lowest BCUT2D eigenvalue weighted by Gasteiger charge is -2.01. The first-order valence-electron chi connectivity index (χ1n) is 3.75. The Kier molecular flexibility index (Phi) is 2.81. The highest BCUT2D eigenvalue weighted by Gasteiger charge is 2.20. The van der Waals surface area contributed by atoms with E-state index in [0.717, 1.165) is 0 Å². The van der Waals surface area contributed by atoms with Crippen LogP contribution in [0.5, 0.6) is 0 Å². The molecule has 0 unspecified atom stereocenters. The standard InChI is InChI=1S/C9H8NO4/c1-6-3-4-7(9(11)14-2)8(5-6)10(12)13/h3-5H,1H2,2H3. The maximum absolute atomic E-state index is 11.1. The quantitative estimate of drug-likeness (QED) is 0.407. The van der Waals surface area contributed by atoms with Gasteiger partial charge in [0.05, 0.1) is 12.0 Å². The maximum atomic E-state index is 11.1. The van der Waals surface area contributed by atoms with Crippen molar-refractivity contribution in [3.8, 4) is 0 Å². The summed E-state index contributed by atoms with van der Waals surface area (Å²) in [6, 6.07) is 4.07. The normalized spacial score (nSPS) is 9.57. The molecule has 0 heterocycles. The van der Waals surface area contributed by atoms with Gasteiger partial charge in [-0.2, -0.15) is 0 Å². The van der Waals surface area contributed by atoms with Gasteiger partial charge >= 0.3 is 5.97 Å². The van der Waals surface area contributed by atoms with Crippen molar-refractivity contribution in [1.29, 1.82) is 0 Å². The minimum absolute atomic E-state index is 0.0649. The van der Waals surface area contributed by atoms with Gasteiger partial charge < -0.3 is 4.74 Å². The van der Waals surface area contributed by atoms with Crippen LogP contribution >= 0.6 is 0 Å². The second-order valence-corrected chi connectivity index (χ2v) is 2.60. The molecule has 0 aliphatic carbocycles. The lowest BCUT2D eigenvalue weighted by atomic mass is 10.1. The van der Waals surface area contributed by atoms with Gasteiger partial charge in [-0.15, -0.1) is 0 Å². The smallest absolute Gasteiger partial charge is 0.344 e. The van der Waals surface area contributed by atoms with E-state index >= 15 is 0 Å². The van der Waals surface area contributed by atoms with Crippen molar-refractivity contribution in [3.63, 3.8) is 0 Å². The van der Waals surface area contributed by atoms with Crippen LogP contribution in [-0.4, -0.2) is 18.0 Å². The van der Waals surface area contributed by atoms with E-state index in [2.05, 4.69) is 11.7 Å². The van der Waals surface area contributed by atoms with Crippen LogP contribution < -0.4 is 0 Å². The largest absolute Gasteiger partial charge is 0.465 e. The molecule has 0 spiro atoms. The van der Waals surface area contributed by atoms with Gasteiger partial charge in [0.15, 0.2) is 0 Å². The van der Waals surface area contributed by atoms with Gasteiger partial charge in [-0.1, -0.05) is 6.07 Å². The van der Waals surface area contributed by atoms with Gasteiger partial charge in [-0.05, 0) is 18.6 Å². The lowest BCUT2D eigenvalue weighted by Crippen LogP contribution is -2.05. The van der Waals surface area contributed by atoms with Crippen LogP contribution in [0.3, 0.4) is 0 Å². The fourth-order valence-corrected chi connectivity index (χ4v) is 1.01. The first-order valence-corrected chi connectivity index (χ1v) is 3.75. The molecule has 1 rings (SSSR count). The molecule has 0 fully saturated rings. The summed E-state index contributed by atoms with van der Waals surface area (Å²) in [6.45, 7) is 3.53. The molecule has 0 saturated carbocycles. The number of hydrogen-bond donors (Lipinski definition) is 0. The Bertz CT molecular complexity index is 386. The number of nitrogens with zero attached hydrogens (tertiary/aromatic N) is 1. The molecule has 1 aromatic carbocycles. The maximum Gasteiger partial charge on any atom is 0.344 e. The van der Waals surface area contributed by atoms with Crippen LogP contribution in [0.4, 0.5) is 5.69 Å². The predicted molar refractivity (Wildman–Crippen MR) is 48.9 cm³/mol. The second kappa shape index (κ2) is 3.87. The zero-order chi connectivity index (χ0) is 10.7. The van der Waals surface area contributed by atoms with Crippen LogP contribution in [0.2, 0.25) is 0 Å². The number of methoxy groups -OCH3 is 1. The minimum atomic E-state index is -0.725. The lowest BCUT2D eigenvalue weighted by molar-refractivity contribution is -0.385. The summed E-state index contributed by atoms with van der Waals surface area (Å²) in [5.74, 6) is -0.725. The number of esters is 1. The van der Waals surface area contributed by atoms with Gasteiger partial charge in [0.2, 0.25) is 0 Å². The average Bonchev–Trinajstić information content (AvgIpc) is 2.16. The Balaban J connectivity index is 3.28. The fraction of sp³-hybridized carbons (Fsp3) is 0.111. The number of benzene rings is 1. The average molecular weight is 194 g/mol. The van der Waals surface area contributed by atoms with Crippen molar-refractivity contribution in [1.82, 2.24) is 0 Å². The summed E-state index contributed by atoms with van der Waals surface area (Å²) in [6.07, 6.45) is 0. The highest BCUT2D eigenvalue weighted by molar-refractivity contribution is 5.93. The topological polar surface area (TPSA) is 69.4 Å². The van der Waals surface area contributed by atoms with Crippen molar-refractivity contribution in [2.24, 2.45) is 0 Å². The van der Waals surface area contributed by atoms with E-state index in [4.69, 9.17) is 0 Å². The van der Waals surface area contributed by atoms with Gasteiger partial charge in [-0.3, -0.25) is 10.1 Å². The Hall–Kier alpha value is -1.91. The number of ether oxygens (including phenoxy) is 1. The molecule has 1 aromatic rings. The Morgan fingerprint density at radius 1 is 1.57 bits per heavy atom. The van der Waals surface area contributed by atoms with E-state index in [-0.39, 0.29) is 11.3 Å². The zero-order valence-corrected chi connectivity index (χ0v) is 7.52.